The zero-order valence-corrected chi connectivity index (χ0v) is 12.4. The number of nitrogens with one attached hydrogen (secondary N) is 1. The van der Waals surface area contributed by atoms with Gasteiger partial charge in [-0.3, -0.25) is 9.48 Å². The Hall–Kier alpha value is -1.81. The fourth-order valence-corrected chi connectivity index (χ4v) is 2.31. The molecule has 0 unspecified atom stereocenters. The summed E-state index contributed by atoms with van der Waals surface area (Å²) in [6, 6.07) is 9.37. The second kappa shape index (κ2) is 6.57. The second-order valence-corrected chi connectivity index (χ2v) is 5.24. The van der Waals surface area contributed by atoms with Crippen molar-refractivity contribution in [2.45, 2.75) is 26.8 Å². The number of hydrogen-bond donors (Lipinski definition) is 1. The number of amides is 1. The number of carbonyl (C=O) groups excluding carboxylic acids is 1. The van der Waals surface area contributed by atoms with Gasteiger partial charge in [0, 0.05) is 17.3 Å². The van der Waals surface area contributed by atoms with Crippen LogP contribution in [0.3, 0.4) is 0 Å². The van der Waals surface area contributed by atoms with Crippen LogP contribution in [-0.4, -0.2) is 22.2 Å². The lowest BCUT2D eigenvalue weighted by atomic mass is 10.1. The molecule has 0 fully saturated rings. The maximum absolute atomic E-state index is 11.8. The van der Waals surface area contributed by atoms with Crippen molar-refractivity contribution >= 4 is 17.5 Å². The minimum Gasteiger partial charge on any atom is -0.354 e. The van der Waals surface area contributed by atoms with Crippen LogP contribution in [0.5, 0.6) is 0 Å². The summed E-state index contributed by atoms with van der Waals surface area (Å²) in [5.41, 5.74) is 3.01. The molecule has 0 aliphatic rings. The van der Waals surface area contributed by atoms with E-state index in [9.17, 15) is 4.79 Å². The minimum absolute atomic E-state index is 0.00574. The van der Waals surface area contributed by atoms with Crippen LogP contribution in [0, 0.1) is 13.8 Å². The third-order valence-corrected chi connectivity index (χ3v) is 3.24. The summed E-state index contributed by atoms with van der Waals surface area (Å²) in [6.45, 7) is 5.22. The van der Waals surface area contributed by atoms with E-state index in [1.54, 1.807) is 6.07 Å². The molecule has 0 atom stereocenters. The van der Waals surface area contributed by atoms with E-state index < -0.39 is 0 Å². The van der Waals surface area contributed by atoms with Gasteiger partial charge in [0.15, 0.2) is 0 Å². The first kappa shape index (κ1) is 14.6. The molecule has 1 amide bonds. The van der Waals surface area contributed by atoms with Crippen molar-refractivity contribution in [1.82, 2.24) is 15.1 Å². The van der Waals surface area contributed by atoms with Crippen LogP contribution in [0.25, 0.3) is 0 Å². The maximum atomic E-state index is 11.8. The van der Waals surface area contributed by atoms with E-state index in [4.69, 9.17) is 11.6 Å². The Labute approximate surface area is 123 Å². The summed E-state index contributed by atoms with van der Waals surface area (Å²) < 4.78 is 1.90. The molecule has 1 aromatic heterocycles. The molecule has 0 saturated carbocycles. The second-order valence-electron chi connectivity index (χ2n) is 4.81. The quantitative estimate of drug-likeness (QED) is 0.920. The average molecular weight is 292 g/mol. The highest BCUT2D eigenvalue weighted by atomic mass is 35.5. The zero-order chi connectivity index (χ0) is 14.5. The lowest BCUT2D eigenvalue weighted by Crippen LogP contribution is -2.29. The van der Waals surface area contributed by atoms with Gasteiger partial charge < -0.3 is 5.32 Å². The molecule has 2 rings (SSSR count). The predicted octanol–water partition coefficient (Wildman–Crippen LogP) is 2.51. The molecule has 1 N–H and O–H groups in total. The van der Waals surface area contributed by atoms with Crippen molar-refractivity contribution in [3.8, 4) is 0 Å². The van der Waals surface area contributed by atoms with Gasteiger partial charge in [0.1, 0.15) is 0 Å². The number of aryl methyl sites for hydroxylation is 2. The molecule has 0 bridgehead atoms. The number of benzene rings is 1. The Balaban J connectivity index is 1.79. The van der Waals surface area contributed by atoms with Gasteiger partial charge in [-0.1, -0.05) is 23.7 Å². The van der Waals surface area contributed by atoms with Gasteiger partial charge in [0.2, 0.25) is 5.91 Å². The molecule has 2 aromatic rings. The predicted molar refractivity (Wildman–Crippen MR) is 79.9 cm³/mol. The molecule has 0 aliphatic heterocycles. The molecule has 0 saturated heterocycles. The fourth-order valence-electron chi connectivity index (χ4n) is 2.10. The van der Waals surface area contributed by atoms with Crippen molar-refractivity contribution in [1.29, 1.82) is 0 Å². The van der Waals surface area contributed by atoms with Crippen molar-refractivity contribution in [3.63, 3.8) is 0 Å². The van der Waals surface area contributed by atoms with Crippen molar-refractivity contribution in [2.75, 3.05) is 6.54 Å². The third-order valence-electron chi connectivity index (χ3n) is 3.00. The molecule has 0 radical (unpaired) electrons. The number of halogens is 1. The smallest absolute Gasteiger partial charge is 0.224 e. The normalized spacial score (nSPS) is 10.6. The summed E-state index contributed by atoms with van der Waals surface area (Å²) in [7, 11) is 0. The Bertz CT molecular complexity index is 607. The van der Waals surface area contributed by atoms with Gasteiger partial charge in [-0.25, -0.2) is 0 Å². The van der Waals surface area contributed by atoms with Crippen molar-refractivity contribution in [2.24, 2.45) is 0 Å². The van der Waals surface area contributed by atoms with Crippen LogP contribution >= 0.6 is 11.6 Å². The Kier molecular flexibility index (Phi) is 4.79. The summed E-state index contributed by atoms with van der Waals surface area (Å²) >= 11 is 5.89. The monoisotopic (exact) mass is 291 g/mol. The standard InChI is InChI=1S/C15H18ClN3O/c1-11-8-12(2)19(18-11)7-6-17-15(20)10-13-4-3-5-14(16)9-13/h3-5,8-9H,6-7,10H2,1-2H3,(H,17,20). The van der Waals surface area contributed by atoms with Crippen LogP contribution in [0.15, 0.2) is 30.3 Å². The molecule has 0 aliphatic carbocycles. The van der Waals surface area contributed by atoms with Gasteiger partial charge >= 0.3 is 0 Å². The summed E-state index contributed by atoms with van der Waals surface area (Å²) in [5, 5.41) is 7.89. The number of nitrogens with zero attached hydrogens (tertiary/aromatic N) is 2. The largest absolute Gasteiger partial charge is 0.354 e. The Morgan fingerprint density at radius 1 is 1.35 bits per heavy atom. The van der Waals surface area contributed by atoms with Crippen molar-refractivity contribution < 1.29 is 4.79 Å². The molecule has 0 spiro atoms. The summed E-state index contributed by atoms with van der Waals surface area (Å²) in [5.74, 6) is -0.00574. The Morgan fingerprint density at radius 3 is 2.80 bits per heavy atom. The van der Waals surface area contributed by atoms with Crippen molar-refractivity contribution in [3.05, 3.63) is 52.3 Å². The molecule has 20 heavy (non-hydrogen) atoms. The highest BCUT2D eigenvalue weighted by molar-refractivity contribution is 6.30. The minimum atomic E-state index is -0.00574. The SMILES string of the molecule is Cc1cc(C)n(CCNC(=O)Cc2cccc(Cl)c2)n1. The molecule has 1 heterocycles. The molecular formula is C15H18ClN3O. The average Bonchev–Trinajstić information content (AvgIpc) is 2.68. The van der Waals surface area contributed by atoms with Crippen LogP contribution in [0.4, 0.5) is 0 Å². The van der Waals surface area contributed by atoms with Gasteiger partial charge in [-0.15, -0.1) is 0 Å². The first-order valence-electron chi connectivity index (χ1n) is 6.57. The van der Waals surface area contributed by atoms with E-state index in [-0.39, 0.29) is 5.91 Å². The molecule has 1 aromatic carbocycles. The topological polar surface area (TPSA) is 46.9 Å². The lowest BCUT2D eigenvalue weighted by molar-refractivity contribution is -0.120. The Morgan fingerprint density at radius 2 is 2.15 bits per heavy atom. The molecular weight excluding hydrogens is 274 g/mol. The van der Waals surface area contributed by atoms with Gasteiger partial charge in [0.05, 0.1) is 18.7 Å². The zero-order valence-electron chi connectivity index (χ0n) is 11.7. The van der Waals surface area contributed by atoms with E-state index in [2.05, 4.69) is 10.4 Å². The van der Waals surface area contributed by atoms with E-state index in [1.807, 2.05) is 42.8 Å². The van der Waals surface area contributed by atoms with Crippen LogP contribution in [-0.2, 0) is 17.8 Å². The summed E-state index contributed by atoms with van der Waals surface area (Å²) in [4.78, 5) is 11.8. The highest BCUT2D eigenvalue weighted by Crippen LogP contribution is 2.10. The van der Waals surface area contributed by atoms with Crippen LogP contribution < -0.4 is 5.32 Å². The van der Waals surface area contributed by atoms with Gasteiger partial charge in [-0.05, 0) is 37.6 Å². The highest BCUT2D eigenvalue weighted by Gasteiger charge is 2.05. The molecule has 4 nitrogen and oxygen atoms in total. The van der Waals surface area contributed by atoms with E-state index in [0.29, 0.717) is 24.5 Å². The maximum Gasteiger partial charge on any atom is 0.224 e. The van der Waals surface area contributed by atoms with Crippen LogP contribution in [0.1, 0.15) is 17.0 Å². The number of rotatable bonds is 5. The number of aromatic nitrogens is 2. The van der Waals surface area contributed by atoms with E-state index >= 15 is 0 Å². The van der Waals surface area contributed by atoms with Gasteiger partial charge in [0.25, 0.3) is 0 Å². The number of hydrogen-bond acceptors (Lipinski definition) is 2. The fraction of sp³-hybridized carbons (Fsp3) is 0.333. The van der Waals surface area contributed by atoms with Crippen LogP contribution in [0.2, 0.25) is 5.02 Å². The lowest BCUT2D eigenvalue weighted by Gasteiger charge is -2.07. The van der Waals surface area contributed by atoms with E-state index in [1.165, 1.54) is 0 Å². The van der Waals surface area contributed by atoms with E-state index in [0.717, 1.165) is 17.0 Å². The number of carbonyl (C=O) groups is 1. The first-order chi connectivity index (χ1) is 9.54. The molecule has 106 valence electrons. The third kappa shape index (κ3) is 4.10. The van der Waals surface area contributed by atoms with Gasteiger partial charge in [-0.2, -0.15) is 5.10 Å². The summed E-state index contributed by atoms with van der Waals surface area (Å²) in [6.07, 6.45) is 0.345. The molecule has 5 heteroatoms. The first-order valence-corrected chi connectivity index (χ1v) is 6.94.